The molecule has 0 bridgehead atoms. The highest BCUT2D eigenvalue weighted by molar-refractivity contribution is 9.10. The van der Waals surface area contributed by atoms with Gasteiger partial charge in [-0.05, 0) is 52.5 Å². The maximum Gasteiger partial charge on any atom is 0.516 e. The van der Waals surface area contributed by atoms with Crippen LogP contribution in [-0.4, -0.2) is 35.9 Å². The molecule has 208 valence electrons. The minimum absolute atomic E-state index is 0.143. The van der Waals surface area contributed by atoms with Gasteiger partial charge in [0, 0.05) is 34.1 Å². The second-order valence-electron chi connectivity index (χ2n) is 8.62. The minimum Gasteiger partial charge on any atom is -0.472 e. The van der Waals surface area contributed by atoms with Crippen molar-refractivity contribution in [2.75, 3.05) is 11.3 Å². The number of rotatable bonds is 9. The van der Waals surface area contributed by atoms with Crippen LogP contribution in [0.5, 0.6) is 0 Å². The van der Waals surface area contributed by atoms with E-state index in [0.29, 0.717) is 63.3 Å². The largest absolute Gasteiger partial charge is 0.516 e. The highest BCUT2D eigenvalue weighted by atomic mass is 79.9. The first-order chi connectivity index (χ1) is 18.4. The first-order valence-electron chi connectivity index (χ1n) is 12.2. The second-order valence-corrected chi connectivity index (χ2v) is 11.1. The molecule has 39 heavy (non-hydrogen) atoms. The zero-order valence-electron chi connectivity index (χ0n) is 21.3. The number of fused-ring (bicyclic) bond motifs is 1. The van der Waals surface area contributed by atoms with Crippen LogP contribution in [0.2, 0.25) is 0 Å². The lowest BCUT2D eigenvalue weighted by Gasteiger charge is -2.17. The van der Waals surface area contributed by atoms with Gasteiger partial charge in [0.2, 0.25) is 0 Å². The first kappa shape index (κ1) is 28.7. The molecule has 8 nitrogen and oxygen atoms in total. The number of imidazole rings is 1. The topological polar surface area (TPSA) is 106 Å². The summed E-state index contributed by atoms with van der Waals surface area (Å²) in [5, 5.41) is 2.83. The Balaban J connectivity index is 1.98. The van der Waals surface area contributed by atoms with Gasteiger partial charge < -0.3 is 14.3 Å². The number of anilines is 1. The van der Waals surface area contributed by atoms with Crippen molar-refractivity contribution in [3.05, 3.63) is 70.1 Å². The van der Waals surface area contributed by atoms with E-state index in [4.69, 9.17) is 4.42 Å². The van der Waals surface area contributed by atoms with E-state index in [0.717, 1.165) is 0 Å². The van der Waals surface area contributed by atoms with Gasteiger partial charge in [-0.3, -0.25) is 9.52 Å². The normalized spacial score (nSPS) is 12.2. The molecule has 2 aliphatic rings. The Labute approximate surface area is 232 Å². The van der Waals surface area contributed by atoms with Gasteiger partial charge in [0.1, 0.15) is 11.5 Å². The molecule has 2 heterocycles. The Morgan fingerprint density at radius 3 is 2.44 bits per heavy atom. The lowest BCUT2D eigenvalue weighted by atomic mass is 10.0. The van der Waals surface area contributed by atoms with Crippen LogP contribution in [0, 0.1) is 0 Å². The molecule has 1 amide bonds. The monoisotopic (exact) mass is 626 g/mol. The third kappa shape index (κ3) is 5.29. The van der Waals surface area contributed by atoms with Crippen LogP contribution in [0.15, 0.2) is 51.7 Å². The molecule has 0 saturated carbocycles. The molecule has 13 heteroatoms. The van der Waals surface area contributed by atoms with Crippen LogP contribution in [-0.2, 0) is 29.4 Å². The van der Waals surface area contributed by atoms with Gasteiger partial charge in [0.15, 0.2) is 0 Å². The maximum absolute atomic E-state index is 13.2. The molecule has 1 aromatic heterocycles. The molecule has 2 aromatic rings. The smallest absolute Gasteiger partial charge is 0.472 e. The van der Waals surface area contributed by atoms with Crippen molar-refractivity contribution < 1.29 is 30.8 Å². The van der Waals surface area contributed by atoms with Gasteiger partial charge in [-0.1, -0.05) is 32.0 Å². The SMILES string of the molecule is CCNC(=O)c1c(CC)nc(CC)n1Cc1c2ccocc-2c(Br)c1-c1ccccc1NS(=O)(=O)C(F)(F)F. The third-order valence-electron chi connectivity index (χ3n) is 6.26. The summed E-state index contributed by atoms with van der Waals surface area (Å²) in [6.45, 7) is 6.19. The molecular weight excluding hydrogens is 601 g/mol. The molecule has 0 atom stereocenters. The molecular formula is C26H26BrF3N4O4S. The quantitative estimate of drug-likeness (QED) is 0.230. The predicted molar refractivity (Wildman–Crippen MR) is 145 cm³/mol. The summed E-state index contributed by atoms with van der Waals surface area (Å²) in [7, 11) is -5.68. The summed E-state index contributed by atoms with van der Waals surface area (Å²) in [5.74, 6) is 0.377. The number of sulfonamides is 1. The van der Waals surface area contributed by atoms with Crippen LogP contribution in [0.25, 0.3) is 22.3 Å². The number of para-hydroxylation sites is 1. The fourth-order valence-corrected chi connectivity index (χ4v) is 5.88. The van der Waals surface area contributed by atoms with Crippen molar-refractivity contribution in [2.24, 2.45) is 0 Å². The van der Waals surface area contributed by atoms with Crippen molar-refractivity contribution in [1.29, 1.82) is 0 Å². The van der Waals surface area contributed by atoms with E-state index in [2.05, 4.69) is 26.2 Å². The number of amides is 1. The van der Waals surface area contributed by atoms with Crippen LogP contribution in [0.1, 0.15) is 48.3 Å². The number of benzene rings is 1. The average Bonchev–Trinajstić information content (AvgIpc) is 3.38. The Morgan fingerprint density at radius 2 is 1.79 bits per heavy atom. The Morgan fingerprint density at radius 1 is 1.08 bits per heavy atom. The van der Waals surface area contributed by atoms with Crippen LogP contribution in [0.4, 0.5) is 18.9 Å². The van der Waals surface area contributed by atoms with E-state index in [1.54, 1.807) is 21.4 Å². The number of aryl methyl sites for hydroxylation is 2. The van der Waals surface area contributed by atoms with E-state index in [-0.39, 0.29) is 23.7 Å². The molecule has 0 saturated heterocycles. The first-order valence-corrected chi connectivity index (χ1v) is 14.4. The van der Waals surface area contributed by atoms with Gasteiger partial charge in [-0.2, -0.15) is 21.6 Å². The Bertz CT molecular complexity index is 1590. The lowest BCUT2D eigenvalue weighted by molar-refractivity contribution is -0.0429. The number of nitrogens with one attached hydrogen (secondary N) is 2. The van der Waals surface area contributed by atoms with Crippen molar-refractivity contribution in [3.63, 3.8) is 0 Å². The standard InChI is InChI=1S/C26H26BrF3N4O4S/c1-4-19-24(25(35)31-6-3)34(21(5-2)32-19)13-17-15-11-12-38-14-18(15)23(27)22(17)16-9-7-8-10-20(16)33-39(36,37)26(28,29)30/h7-12,14,33H,4-6,13H2,1-3H3,(H,31,35). The van der Waals surface area contributed by atoms with Crippen LogP contribution >= 0.6 is 15.9 Å². The van der Waals surface area contributed by atoms with Gasteiger partial charge in [-0.25, -0.2) is 4.98 Å². The van der Waals surface area contributed by atoms with Gasteiger partial charge in [0.25, 0.3) is 5.91 Å². The summed E-state index contributed by atoms with van der Waals surface area (Å²) in [6, 6.07) is 7.56. The van der Waals surface area contributed by atoms with Crippen LogP contribution in [0.3, 0.4) is 0 Å². The molecule has 0 radical (unpaired) electrons. The number of halogens is 4. The van der Waals surface area contributed by atoms with E-state index in [1.807, 2.05) is 20.8 Å². The van der Waals surface area contributed by atoms with Gasteiger partial charge in [0.05, 0.1) is 30.5 Å². The molecule has 0 spiro atoms. The second kappa shape index (κ2) is 11.0. The van der Waals surface area contributed by atoms with Crippen molar-refractivity contribution in [2.45, 2.75) is 45.7 Å². The Hall–Kier alpha value is -3.32. The lowest BCUT2D eigenvalue weighted by Crippen LogP contribution is -2.30. The number of aromatic nitrogens is 2. The molecule has 1 aliphatic heterocycles. The zero-order valence-corrected chi connectivity index (χ0v) is 23.7. The summed E-state index contributed by atoms with van der Waals surface area (Å²) in [5.41, 5.74) is -2.05. The van der Waals surface area contributed by atoms with E-state index >= 15 is 0 Å². The third-order valence-corrected chi connectivity index (χ3v) is 8.18. The molecule has 0 fully saturated rings. The maximum atomic E-state index is 13.2. The Kier molecular flexibility index (Phi) is 8.12. The average molecular weight is 627 g/mol. The molecule has 1 aromatic carbocycles. The van der Waals surface area contributed by atoms with Crippen molar-refractivity contribution in [3.8, 4) is 22.3 Å². The van der Waals surface area contributed by atoms with Crippen molar-refractivity contribution in [1.82, 2.24) is 14.9 Å². The van der Waals surface area contributed by atoms with Gasteiger partial charge in [-0.15, -0.1) is 0 Å². The van der Waals surface area contributed by atoms with E-state index in [9.17, 15) is 26.4 Å². The fraction of sp³-hybridized carbons (Fsp3) is 0.308. The summed E-state index contributed by atoms with van der Waals surface area (Å²) in [4.78, 5) is 17.8. The zero-order chi connectivity index (χ0) is 28.5. The molecule has 1 aliphatic carbocycles. The van der Waals surface area contributed by atoms with Crippen LogP contribution < -0.4 is 10.0 Å². The number of carbonyl (C=O) groups is 1. The summed E-state index contributed by atoms with van der Waals surface area (Å²) in [6.07, 6.45) is 4.01. The molecule has 2 N–H and O–H groups in total. The predicted octanol–water partition coefficient (Wildman–Crippen LogP) is 6.19. The summed E-state index contributed by atoms with van der Waals surface area (Å²) >= 11 is 3.57. The highest BCUT2D eigenvalue weighted by Gasteiger charge is 2.46. The van der Waals surface area contributed by atoms with E-state index in [1.165, 1.54) is 30.7 Å². The van der Waals surface area contributed by atoms with E-state index < -0.39 is 15.5 Å². The highest BCUT2D eigenvalue weighted by Crippen LogP contribution is 2.48. The number of nitrogens with zero attached hydrogens (tertiary/aromatic N) is 2. The fourth-order valence-electron chi connectivity index (χ4n) is 4.54. The number of hydrogen-bond donors (Lipinski definition) is 2. The minimum atomic E-state index is -5.68. The summed E-state index contributed by atoms with van der Waals surface area (Å²) < 4.78 is 73.2. The number of carbonyl (C=O) groups excluding carboxylic acids is 1. The molecule has 4 rings (SSSR count). The number of alkyl halides is 3. The van der Waals surface area contributed by atoms with Crippen molar-refractivity contribution >= 4 is 37.5 Å². The number of hydrogen-bond acceptors (Lipinski definition) is 5. The molecule has 0 unspecified atom stereocenters. The van der Waals surface area contributed by atoms with Gasteiger partial charge >= 0.3 is 15.5 Å².